The predicted molar refractivity (Wildman–Crippen MR) is 114 cm³/mol. The van der Waals surface area contributed by atoms with E-state index in [0.29, 0.717) is 30.1 Å². The molecule has 3 heteroatoms. The molecule has 0 saturated heterocycles. The molecule has 0 aliphatic heterocycles. The third-order valence-corrected chi connectivity index (χ3v) is 6.84. The van der Waals surface area contributed by atoms with Crippen LogP contribution in [0.15, 0.2) is 48.3 Å². The number of nitrogens with zero attached hydrogens (tertiary/aromatic N) is 2. The number of benzene rings is 1. The number of nitriles is 2. The zero-order valence-electron chi connectivity index (χ0n) is 17.2. The van der Waals surface area contributed by atoms with Gasteiger partial charge >= 0.3 is 0 Å². The average molecular weight is 391 g/mol. The van der Waals surface area contributed by atoms with E-state index in [4.69, 9.17) is 10.5 Å². The fourth-order valence-electron chi connectivity index (χ4n) is 4.95. The van der Waals surface area contributed by atoms with Crippen LogP contribution in [0.3, 0.4) is 0 Å². The van der Waals surface area contributed by atoms with Gasteiger partial charge in [0.15, 0.2) is 5.83 Å². The molecule has 152 valence electrons. The van der Waals surface area contributed by atoms with Gasteiger partial charge in [-0.15, -0.1) is 0 Å². The maximum Gasteiger partial charge on any atom is 0.196 e. The van der Waals surface area contributed by atoms with Crippen molar-refractivity contribution in [3.63, 3.8) is 0 Å². The Bertz CT molecular complexity index is 777. The molecule has 0 unspecified atom stereocenters. The minimum absolute atomic E-state index is 0.641. The molecule has 0 radical (unpaired) electrons. The third kappa shape index (κ3) is 6.57. The van der Waals surface area contributed by atoms with E-state index in [1.165, 1.54) is 63.0 Å². The molecule has 0 heterocycles. The molecule has 3 rings (SSSR count). The van der Waals surface area contributed by atoms with Crippen LogP contribution >= 0.6 is 0 Å². The van der Waals surface area contributed by atoms with Crippen LogP contribution < -0.4 is 0 Å². The third-order valence-electron chi connectivity index (χ3n) is 6.84. The van der Waals surface area contributed by atoms with Gasteiger partial charge in [0.05, 0.1) is 11.6 Å². The standard InChI is InChI=1S/C26H31FN2/c27-26(19-29)3-1-2-20-4-6-21(7-5-20)8-9-22-10-14-24(15-11-22)25-16-12-23(18-28)13-17-25/h3,8-9,12-13,16-17,20-22,24H,1-2,4-7,10-11,14-15H2/b9-8+,26-3?/t20-,21-,22-,24-. The maximum absolute atomic E-state index is 12.9. The lowest BCUT2D eigenvalue weighted by atomic mass is 9.77. The Morgan fingerprint density at radius 1 is 0.897 bits per heavy atom. The van der Waals surface area contributed by atoms with E-state index >= 15 is 0 Å². The van der Waals surface area contributed by atoms with Crippen molar-refractivity contribution in [1.29, 1.82) is 10.5 Å². The first kappa shape index (κ1) is 21.3. The monoisotopic (exact) mass is 390 g/mol. The van der Waals surface area contributed by atoms with E-state index in [-0.39, 0.29) is 0 Å². The van der Waals surface area contributed by atoms with E-state index in [2.05, 4.69) is 30.4 Å². The molecule has 1 aromatic carbocycles. The summed E-state index contributed by atoms with van der Waals surface area (Å²) in [4.78, 5) is 0. The molecule has 2 fully saturated rings. The van der Waals surface area contributed by atoms with Gasteiger partial charge in [0.25, 0.3) is 0 Å². The Morgan fingerprint density at radius 3 is 2.03 bits per heavy atom. The quantitative estimate of drug-likeness (QED) is 0.376. The summed E-state index contributed by atoms with van der Waals surface area (Å²) in [6.07, 6.45) is 18.0. The first-order valence-corrected chi connectivity index (χ1v) is 11.1. The van der Waals surface area contributed by atoms with Crippen molar-refractivity contribution in [2.24, 2.45) is 17.8 Å². The summed E-state index contributed by atoms with van der Waals surface area (Å²) in [6, 6.07) is 11.9. The van der Waals surface area contributed by atoms with Crippen molar-refractivity contribution in [3.8, 4) is 12.1 Å². The molecular weight excluding hydrogens is 359 g/mol. The smallest absolute Gasteiger partial charge is 0.195 e. The molecule has 2 aliphatic carbocycles. The number of halogens is 1. The summed E-state index contributed by atoms with van der Waals surface area (Å²) in [5.41, 5.74) is 2.13. The lowest BCUT2D eigenvalue weighted by molar-refractivity contribution is 0.295. The molecule has 2 saturated carbocycles. The van der Waals surface area contributed by atoms with E-state index in [9.17, 15) is 4.39 Å². The van der Waals surface area contributed by atoms with E-state index in [1.54, 1.807) is 6.07 Å². The van der Waals surface area contributed by atoms with Crippen LogP contribution in [-0.2, 0) is 0 Å². The highest BCUT2D eigenvalue weighted by Gasteiger charge is 2.22. The van der Waals surface area contributed by atoms with Crippen molar-refractivity contribution in [3.05, 3.63) is 59.4 Å². The number of hydrogen-bond acceptors (Lipinski definition) is 2. The number of rotatable bonds is 6. The van der Waals surface area contributed by atoms with Gasteiger partial charge < -0.3 is 0 Å². The summed E-state index contributed by atoms with van der Waals surface area (Å²) in [6.45, 7) is 0. The minimum atomic E-state index is -0.643. The van der Waals surface area contributed by atoms with E-state index in [1.807, 2.05) is 12.1 Å². The summed E-state index contributed by atoms with van der Waals surface area (Å²) in [5.74, 6) is 2.10. The minimum Gasteiger partial charge on any atom is -0.195 e. The Labute approximate surface area is 174 Å². The van der Waals surface area contributed by atoms with Crippen LogP contribution in [0.4, 0.5) is 4.39 Å². The fraction of sp³-hybridized carbons (Fsp3) is 0.538. The van der Waals surface area contributed by atoms with E-state index < -0.39 is 5.83 Å². The van der Waals surface area contributed by atoms with Crippen LogP contribution in [0.25, 0.3) is 0 Å². The number of hydrogen-bond donors (Lipinski definition) is 0. The highest BCUT2D eigenvalue weighted by atomic mass is 19.1. The molecule has 0 amide bonds. The molecule has 0 atom stereocenters. The van der Waals surface area contributed by atoms with E-state index in [0.717, 1.165) is 12.0 Å². The lowest BCUT2D eigenvalue weighted by Gasteiger charge is -2.29. The Morgan fingerprint density at radius 2 is 1.48 bits per heavy atom. The molecular formula is C26H31FN2. The lowest BCUT2D eigenvalue weighted by Crippen LogP contribution is -2.14. The van der Waals surface area contributed by atoms with Crippen LogP contribution in [0, 0.1) is 40.4 Å². The van der Waals surface area contributed by atoms with Gasteiger partial charge in [0, 0.05) is 0 Å². The van der Waals surface area contributed by atoms with Crippen molar-refractivity contribution in [1.82, 2.24) is 0 Å². The van der Waals surface area contributed by atoms with Crippen molar-refractivity contribution >= 4 is 0 Å². The van der Waals surface area contributed by atoms with Gasteiger partial charge in [0.2, 0.25) is 0 Å². The molecule has 0 spiro atoms. The maximum atomic E-state index is 12.9. The molecule has 1 aromatic rings. The summed E-state index contributed by atoms with van der Waals surface area (Å²) in [7, 11) is 0. The van der Waals surface area contributed by atoms with Gasteiger partial charge in [-0.25, -0.2) is 0 Å². The van der Waals surface area contributed by atoms with Crippen LogP contribution in [-0.4, -0.2) is 0 Å². The molecule has 0 bridgehead atoms. The Balaban J connectivity index is 1.36. The fourth-order valence-corrected chi connectivity index (χ4v) is 4.95. The van der Waals surface area contributed by atoms with Crippen molar-refractivity contribution < 1.29 is 4.39 Å². The zero-order chi connectivity index (χ0) is 20.5. The van der Waals surface area contributed by atoms with Gasteiger partial charge in [-0.1, -0.05) is 24.3 Å². The second-order valence-electron chi connectivity index (χ2n) is 8.75. The second kappa shape index (κ2) is 11.0. The van der Waals surface area contributed by atoms with Crippen molar-refractivity contribution in [2.75, 3.05) is 0 Å². The average Bonchev–Trinajstić information content (AvgIpc) is 2.79. The van der Waals surface area contributed by atoms with Crippen LogP contribution in [0.5, 0.6) is 0 Å². The SMILES string of the molecule is N#CC(F)=CCC[C@H]1CC[C@H](/C=C/[C@H]2CC[C@H](c3ccc(C#N)cc3)CC2)CC1. The highest BCUT2D eigenvalue weighted by Crippen LogP contribution is 2.37. The topological polar surface area (TPSA) is 47.6 Å². The first-order chi connectivity index (χ1) is 14.2. The molecule has 2 aliphatic rings. The molecule has 0 N–H and O–H groups in total. The zero-order valence-corrected chi connectivity index (χ0v) is 17.2. The predicted octanol–water partition coefficient (Wildman–Crippen LogP) is 7.35. The number of allylic oxidation sites excluding steroid dienone is 4. The van der Waals surface area contributed by atoms with Gasteiger partial charge in [-0.2, -0.15) is 14.9 Å². The Kier molecular flexibility index (Phi) is 8.06. The summed E-state index contributed by atoms with van der Waals surface area (Å²) < 4.78 is 12.9. The Hall–Kier alpha value is -2.39. The van der Waals surface area contributed by atoms with Gasteiger partial charge in [0.1, 0.15) is 6.07 Å². The molecule has 29 heavy (non-hydrogen) atoms. The molecule has 0 aromatic heterocycles. The highest BCUT2D eigenvalue weighted by molar-refractivity contribution is 5.33. The van der Waals surface area contributed by atoms with Crippen LogP contribution in [0.1, 0.15) is 81.3 Å². The molecule has 2 nitrogen and oxygen atoms in total. The van der Waals surface area contributed by atoms with Gasteiger partial charge in [-0.3, -0.25) is 0 Å². The summed E-state index contributed by atoms with van der Waals surface area (Å²) in [5, 5.41) is 17.4. The van der Waals surface area contributed by atoms with Crippen molar-refractivity contribution in [2.45, 2.75) is 70.1 Å². The second-order valence-corrected chi connectivity index (χ2v) is 8.75. The largest absolute Gasteiger partial charge is 0.196 e. The summed E-state index contributed by atoms with van der Waals surface area (Å²) >= 11 is 0. The van der Waals surface area contributed by atoms with Gasteiger partial charge in [-0.05, 0) is 112 Å². The van der Waals surface area contributed by atoms with Crippen LogP contribution in [0.2, 0.25) is 0 Å². The normalized spacial score (nSPS) is 28.0. The first-order valence-electron chi connectivity index (χ1n) is 11.1.